The van der Waals surface area contributed by atoms with Gasteiger partial charge < -0.3 is 9.47 Å². The van der Waals surface area contributed by atoms with Crippen LogP contribution < -0.4 is 9.47 Å². The molecule has 140 valence electrons. The molecule has 1 aromatic heterocycles. The van der Waals surface area contributed by atoms with E-state index in [2.05, 4.69) is 60.8 Å². The molecule has 0 bridgehead atoms. The van der Waals surface area contributed by atoms with Crippen molar-refractivity contribution in [1.29, 1.82) is 0 Å². The lowest BCUT2D eigenvalue weighted by molar-refractivity contribution is 0.414. The molecule has 0 aliphatic heterocycles. The van der Waals surface area contributed by atoms with Crippen molar-refractivity contribution in [1.82, 2.24) is 0 Å². The summed E-state index contributed by atoms with van der Waals surface area (Å²) in [5, 5.41) is 2.12. The Morgan fingerprint density at radius 2 is 1.14 bits per heavy atom. The fourth-order valence-corrected chi connectivity index (χ4v) is 4.11. The van der Waals surface area contributed by atoms with Gasteiger partial charge in [0, 0.05) is 10.4 Å². The second-order valence-corrected chi connectivity index (χ2v) is 7.62. The Morgan fingerprint density at radius 1 is 0.607 bits per heavy atom. The van der Waals surface area contributed by atoms with Crippen molar-refractivity contribution in [2.24, 2.45) is 0 Å². The van der Waals surface area contributed by atoms with Crippen LogP contribution in [0.25, 0.3) is 32.7 Å². The molecule has 0 fully saturated rings. The van der Waals surface area contributed by atoms with Crippen LogP contribution in [0.5, 0.6) is 11.5 Å². The van der Waals surface area contributed by atoms with E-state index in [-0.39, 0.29) is 0 Å². The number of ether oxygens (including phenoxy) is 2. The van der Waals surface area contributed by atoms with Crippen LogP contribution in [-0.2, 0) is 0 Å². The van der Waals surface area contributed by atoms with Crippen molar-refractivity contribution in [2.45, 2.75) is 6.92 Å². The summed E-state index contributed by atoms with van der Waals surface area (Å²) < 4.78 is 10.4. The first-order valence-electron chi connectivity index (χ1n) is 9.16. The van der Waals surface area contributed by atoms with E-state index < -0.39 is 0 Å². The number of fused-ring (bicyclic) bond motifs is 1. The highest BCUT2D eigenvalue weighted by Crippen LogP contribution is 2.38. The van der Waals surface area contributed by atoms with Crippen LogP contribution in [0.3, 0.4) is 0 Å². The summed E-state index contributed by atoms with van der Waals surface area (Å²) in [6.07, 6.45) is 0. The standard InChI is InChI=1S/C18H16O2S.C7H6/c1-19-15-7-3-13(4-8-15)17-11-12-21-18(17)14-5-9-16(20-2)10-6-14;1-5-2-6-4-7(6)3-5/h3-12H,1-2H3;2-4H,1H3. The lowest BCUT2D eigenvalue weighted by Gasteiger charge is -2.07. The van der Waals surface area contributed by atoms with Gasteiger partial charge in [-0.2, -0.15) is 0 Å². The molecule has 2 aromatic carbocycles. The lowest BCUT2D eigenvalue weighted by Crippen LogP contribution is -1.84. The van der Waals surface area contributed by atoms with Gasteiger partial charge in [-0.1, -0.05) is 24.3 Å². The molecule has 2 aliphatic rings. The highest BCUT2D eigenvalue weighted by Gasteiger charge is 2.11. The summed E-state index contributed by atoms with van der Waals surface area (Å²) in [5.41, 5.74) is 7.93. The fraction of sp³-hybridized carbons (Fsp3) is 0.120. The van der Waals surface area contributed by atoms with E-state index in [1.807, 2.05) is 24.3 Å². The summed E-state index contributed by atoms with van der Waals surface area (Å²) in [7, 11) is 3.37. The molecular formula is C25H22O2S. The number of methoxy groups -OCH3 is 2. The number of rotatable bonds is 4. The van der Waals surface area contributed by atoms with E-state index in [4.69, 9.17) is 9.47 Å². The Kier molecular flexibility index (Phi) is 5.18. The third-order valence-electron chi connectivity index (χ3n) is 4.75. The van der Waals surface area contributed by atoms with Gasteiger partial charge in [0.05, 0.1) is 14.2 Å². The fourth-order valence-electron chi connectivity index (χ4n) is 3.19. The molecule has 5 rings (SSSR count). The molecule has 0 N–H and O–H groups in total. The van der Waals surface area contributed by atoms with Crippen molar-refractivity contribution in [3.63, 3.8) is 0 Å². The van der Waals surface area contributed by atoms with Gasteiger partial charge in [-0.05, 0) is 88.7 Å². The lowest BCUT2D eigenvalue weighted by atomic mass is 10.0. The summed E-state index contributed by atoms with van der Waals surface area (Å²) in [6.45, 7) is 2.12. The minimum Gasteiger partial charge on any atom is -0.497 e. The Labute approximate surface area is 170 Å². The first-order chi connectivity index (χ1) is 13.7. The molecular weight excluding hydrogens is 364 g/mol. The molecule has 1 heterocycles. The molecule has 0 saturated carbocycles. The Morgan fingerprint density at radius 3 is 1.61 bits per heavy atom. The Bertz CT molecular complexity index is 994. The topological polar surface area (TPSA) is 18.5 Å². The van der Waals surface area contributed by atoms with Crippen molar-refractivity contribution < 1.29 is 9.47 Å². The van der Waals surface area contributed by atoms with E-state index in [1.165, 1.54) is 38.3 Å². The molecule has 0 atom stereocenters. The normalized spacial score (nSPS) is 10.7. The zero-order chi connectivity index (χ0) is 19.5. The van der Waals surface area contributed by atoms with Crippen molar-refractivity contribution >= 4 is 11.3 Å². The highest BCUT2D eigenvalue weighted by atomic mass is 32.1. The highest BCUT2D eigenvalue weighted by molar-refractivity contribution is 7.14. The van der Waals surface area contributed by atoms with Gasteiger partial charge in [0.1, 0.15) is 11.5 Å². The van der Waals surface area contributed by atoms with Crippen LogP contribution >= 0.6 is 11.3 Å². The minimum atomic E-state index is 0.875. The van der Waals surface area contributed by atoms with E-state index in [1.54, 1.807) is 25.6 Å². The van der Waals surface area contributed by atoms with E-state index in [9.17, 15) is 0 Å². The van der Waals surface area contributed by atoms with Crippen molar-refractivity contribution in [3.05, 3.63) is 83.7 Å². The smallest absolute Gasteiger partial charge is 0.118 e. The molecule has 0 unspecified atom stereocenters. The van der Waals surface area contributed by atoms with Crippen LogP contribution in [0, 0.1) is 6.92 Å². The maximum absolute atomic E-state index is 5.22. The second kappa shape index (κ2) is 7.91. The number of hydrogen-bond donors (Lipinski definition) is 0. The zero-order valence-corrected chi connectivity index (χ0v) is 17.0. The van der Waals surface area contributed by atoms with Crippen LogP contribution in [-0.4, -0.2) is 14.2 Å². The van der Waals surface area contributed by atoms with Crippen molar-refractivity contribution in [2.75, 3.05) is 14.2 Å². The molecule has 28 heavy (non-hydrogen) atoms. The largest absolute Gasteiger partial charge is 0.497 e. The summed E-state index contributed by atoms with van der Waals surface area (Å²) in [4.78, 5) is 1.27. The molecule has 0 amide bonds. The maximum Gasteiger partial charge on any atom is 0.118 e. The molecule has 2 nitrogen and oxygen atoms in total. The molecule has 0 spiro atoms. The average Bonchev–Trinajstić information content (AvgIpc) is 3.13. The third-order valence-corrected chi connectivity index (χ3v) is 5.71. The third kappa shape index (κ3) is 3.95. The molecule has 0 saturated heterocycles. The molecule has 2 aliphatic carbocycles. The van der Waals surface area contributed by atoms with Gasteiger partial charge in [0.15, 0.2) is 0 Å². The predicted octanol–water partition coefficient (Wildman–Crippen LogP) is 7.07. The Hall–Kier alpha value is -3.04. The first kappa shape index (κ1) is 18.3. The zero-order valence-electron chi connectivity index (χ0n) is 16.2. The average molecular weight is 387 g/mol. The summed E-state index contributed by atoms with van der Waals surface area (Å²) in [5.74, 6) is 1.75. The number of aryl methyl sites for hydroxylation is 1. The van der Waals surface area contributed by atoms with Gasteiger partial charge in [-0.15, -0.1) is 11.3 Å². The number of benzene rings is 3. The summed E-state index contributed by atoms with van der Waals surface area (Å²) in [6, 6.07) is 25.1. The predicted molar refractivity (Wildman–Crippen MR) is 118 cm³/mol. The van der Waals surface area contributed by atoms with Crippen LogP contribution in [0.2, 0.25) is 0 Å². The van der Waals surface area contributed by atoms with Crippen LogP contribution in [0.4, 0.5) is 0 Å². The molecule has 0 radical (unpaired) electrons. The molecule has 3 heteroatoms. The second-order valence-electron chi connectivity index (χ2n) is 6.71. The molecule has 3 aromatic rings. The monoisotopic (exact) mass is 386 g/mol. The van der Waals surface area contributed by atoms with Crippen molar-refractivity contribution in [3.8, 4) is 44.2 Å². The van der Waals surface area contributed by atoms with Gasteiger partial charge in [-0.25, -0.2) is 0 Å². The van der Waals surface area contributed by atoms with E-state index in [0.717, 1.165) is 11.5 Å². The number of thiophene rings is 1. The van der Waals surface area contributed by atoms with Crippen LogP contribution in [0.1, 0.15) is 5.56 Å². The van der Waals surface area contributed by atoms with Gasteiger partial charge in [-0.3, -0.25) is 0 Å². The summed E-state index contributed by atoms with van der Waals surface area (Å²) >= 11 is 1.75. The van der Waals surface area contributed by atoms with Crippen LogP contribution in [0.15, 0.2) is 78.2 Å². The minimum absolute atomic E-state index is 0.875. The van der Waals surface area contributed by atoms with Gasteiger partial charge in [0.2, 0.25) is 0 Å². The van der Waals surface area contributed by atoms with Gasteiger partial charge >= 0.3 is 0 Å². The van der Waals surface area contributed by atoms with E-state index in [0.29, 0.717) is 0 Å². The Balaban J connectivity index is 0.000000227. The quantitative estimate of drug-likeness (QED) is 0.329. The van der Waals surface area contributed by atoms with E-state index >= 15 is 0 Å². The van der Waals surface area contributed by atoms with Gasteiger partial charge in [0.25, 0.3) is 0 Å². The SMILES string of the molecule is COc1ccc(-c2ccsc2-c2ccc(OC)cc2)cc1.Cc1cc2cc-2c1. The maximum atomic E-state index is 5.22. The number of hydrogen-bond acceptors (Lipinski definition) is 3. The first-order valence-corrected chi connectivity index (χ1v) is 10.0.